The van der Waals surface area contributed by atoms with Gasteiger partial charge in [-0.25, -0.2) is 0 Å². The number of ether oxygens (including phenoxy) is 1. The number of rotatable bonds is 3. The summed E-state index contributed by atoms with van der Waals surface area (Å²) >= 11 is 0. The molecule has 13 heavy (non-hydrogen) atoms. The Labute approximate surface area is 78.9 Å². The normalized spacial score (nSPS) is 28.1. The van der Waals surface area contributed by atoms with E-state index in [2.05, 4.69) is 11.3 Å². The van der Waals surface area contributed by atoms with E-state index in [0.717, 1.165) is 25.7 Å². The van der Waals surface area contributed by atoms with Crippen LogP contribution in [0.3, 0.4) is 0 Å². The lowest BCUT2D eigenvalue weighted by Gasteiger charge is -2.24. The van der Waals surface area contributed by atoms with Crippen LogP contribution in [0.5, 0.6) is 0 Å². The van der Waals surface area contributed by atoms with Crippen LogP contribution in [0.1, 0.15) is 32.1 Å². The maximum absolute atomic E-state index is 11.1. The molecule has 0 amide bonds. The van der Waals surface area contributed by atoms with Gasteiger partial charge in [-0.2, -0.15) is 0 Å². The third-order valence-corrected chi connectivity index (χ3v) is 2.56. The van der Waals surface area contributed by atoms with E-state index in [4.69, 9.17) is 5.73 Å². The van der Waals surface area contributed by atoms with Gasteiger partial charge in [0.05, 0.1) is 6.26 Å². The first-order chi connectivity index (χ1) is 6.22. The number of carbonyl (C=O) groups is 1. The average Bonchev–Trinajstić information content (AvgIpc) is 2.09. The third kappa shape index (κ3) is 3.59. The smallest absolute Gasteiger partial charge is 0.310 e. The van der Waals surface area contributed by atoms with Crippen molar-refractivity contribution in [3.63, 3.8) is 0 Å². The lowest BCUT2D eigenvalue weighted by Crippen LogP contribution is -2.27. The van der Waals surface area contributed by atoms with Crippen molar-refractivity contribution in [3.05, 3.63) is 12.8 Å². The molecule has 0 spiro atoms. The van der Waals surface area contributed by atoms with Crippen molar-refractivity contribution < 1.29 is 9.53 Å². The Morgan fingerprint density at radius 1 is 1.46 bits per heavy atom. The van der Waals surface area contributed by atoms with Crippen molar-refractivity contribution in [3.8, 4) is 0 Å². The fourth-order valence-electron chi connectivity index (χ4n) is 1.77. The van der Waals surface area contributed by atoms with Gasteiger partial charge >= 0.3 is 5.97 Å². The summed E-state index contributed by atoms with van der Waals surface area (Å²) in [6, 6.07) is 0.340. The highest BCUT2D eigenvalue weighted by Crippen LogP contribution is 2.25. The Bertz CT molecular complexity index is 183. The molecule has 0 radical (unpaired) electrons. The molecule has 0 aliphatic heterocycles. The van der Waals surface area contributed by atoms with Gasteiger partial charge in [0.25, 0.3) is 0 Å². The molecular formula is C10H17NO2. The number of nitrogens with two attached hydrogens (primary N) is 1. The quantitative estimate of drug-likeness (QED) is 0.534. The Morgan fingerprint density at radius 3 is 2.62 bits per heavy atom. The maximum Gasteiger partial charge on any atom is 0.310 e. The molecule has 0 atom stereocenters. The van der Waals surface area contributed by atoms with E-state index in [1.165, 1.54) is 6.26 Å². The zero-order chi connectivity index (χ0) is 9.68. The molecular weight excluding hydrogens is 166 g/mol. The number of hydrogen-bond donors (Lipinski definition) is 1. The predicted molar refractivity (Wildman–Crippen MR) is 50.8 cm³/mol. The van der Waals surface area contributed by atoms with Crippen molar-refractivity contribution >= 4 is 5.97 Å². The Morgan fingerprint density at radius 2 is 2.08 bits per heavy atom. The largest absolute Gasteiger partial charge is 0.435 e. The summed E-state index contributed by atoms with van der Waals surface area (Å²) in [7, 11) is 0. The molecule has 1 aliphatic carbocycles. The summed E-state index contributed by atoms with van der Waals surface area (Å²) in [6.45, 7) is 3.34. The van der Waals surface area contributed by atoms with Gasteiger partial charge in [0.15, 0.2) is 0 Å². The molecule has 74 valence electrons. The van der Waals surface area contributed by atoms with E-state index < -0.39 is 0 Å². The fourth-order valence-corrected chi connectivity index (χ4v) is 1.77. The Kier molecular flexibility index (Phi) is 3.96. The SMILES string of the molecule is C=COC(=O)CC1CCC(N)CC1. The van der Waals surface area contributed by atoms with E-state index >= 15 is 0 Å². The van der Waals surface area contributed by atoms with Gasteiger partial charge in [0.1, 0.15) is 0 Å². The van der Waals surface area contributed by atoms with Crippen LogP contribution in [0, 0.1) is 5.92 Å². The third-order valence-electron chi connectivity index (χ3n) is 2.56. The zero-order valence-electron chi connectivity index (χ0n) is 7.87. The predicted octanol–water partition coefficient (Wildman–Crippen LogP) is 1.58. The highest BCUT2D eigenvalue weighted by molar-refractivity contribution is 5.70. The molecule has 1 rings (SSSR count). The highest BCUT2D eigenvalue weighted by Gasteiger charge is 2.21. The number of esters is 1. The first-order valence-corrected chi connectivity index (χ1v) is 4.78. The van der Waals surface area contributed by atoms with Crippen LogP contribution in [0.15, 0.2) is 12.8 Å². The minimum Gasteiger partial charge on any atom is -0.435 e. The molecule has 0 aromatic rings. The molecule has 0 saturated heterocycles. The molecule has 3 heteroatoms. The monoisotopic (exact) mass is 183 g/mol. The van der Waals surface area contributed by atoms with Gasteiger partial charge in [0, 0.05) is 12.5 Å². The summed E-state index contributed by atoms with van der Waals surface area (Å²) in [5.74, 6) is 0.294. The average molecular weight is 183 g/mol. The van der Waals surface area contributed by atoms with E-state index in [1.54, 1.807) is 0 Å². The van der Waals surface area contributed by atoms with Gasteiger partial charge in [-0.05, 0) is 31.6 Å². The van der Waals surface area contributed by atoms with Crippen LogP contribution in [0.2, 0.25) is 0 Å². The molecule has 1 fully saturated rings. The van der Waals surface area contributed by atoms with Crippen molar-refractivity contribution in [2.45, 2.75) is 38.1 Å². The molecule has 2 N–H and O–H groups in total. The minimum absolute atomic E-state index is 0.171. The molecule has 1 saturated carbocycles. The molecule has 0 bridgehead atoms. The van der Waals surface area contributed by atoms with Gasteiger partial charge in [-0.1, -0.05) is 6.58 Å². The second-order valence-electron chi connectivity index (χ2n) is 3.64. The van der Waals surface area contributed by atoms with Crippen LogP contribution < -0.4 is 5.73 Å². The van der Waals surface area contributed by atoms with E-state index in [0.29, 0.717) is 18.4 Å². The fraction of sp³-hybridized carbons (Fsp3) is 0.700. The second-order valence-corrected chi connectivity index (χ2v) is 3.64. The van der Waals surface area contributed by atoms with Crippen molar-refractivity contribution in [1.82, 2.24) is 0 Å². The molecule has 3 nitrogen and oxygen atoms in total. The van der Waals surface area contributed by atoms with Crippen molar-refractivity contribution in [2.75, 3.05) is 0 Å². The summed E-state index contributed by atoms with van der Waals surface area (Å²) < 4.78 is 4.67. The Balaban J connectivity index is 2.22. The topological polar surface area (TPSA) is 52.3 Å². The molecule has 0 heterocycles. The maximum atomic E-state index is 11.1. The van der Waals surface area contributed by atoms with Gasteiger partial charge < -0.3 is 10.5 Å². The zero-order valence-corrected chi connectivity index (χ0v) is 7.87. The van der Waals surface area contributed by atoms with E-state index in [9.17, 15) is 4.79 Å². The molecule has 0 aromatic heterocycles. The van der Waals surface area contributed by atoms with Crippen LogP contribution in [0.4, 0.5) is 0 Å². The molecule has 1 aliphatic rings. The van der Waals surface area contributed by atoms with E-state index in [-0.39, 0.29) is 5.97 Å². The van der Waals surface area contributed by atoms with Crippen LogP contribution in [-0.2, 0) is 9.53 Å². The van der Waals surface area contributed by atoms with Crippen LogP contribution in [0.25, 0.3) is 0 Å². The lowest BCUT2D eigenvalue weighted by atomic mass is 9.84. The summed E-state index contributed by atoms with van der Waals surface area (Å²) in [6.07, 6.45) is 5.87. The lowest BCUT2D eigenvalue weighted by molar-refractivity contribution is -0.139. The first-order valence-electron chi connectivity index (χ1n) is 4.78. The highest BCUT2D eigenvalue weighted by atomic mass is 16.5. The number of carbonyl (C=O) groups excluding carboxylic acids is 1. The number of hydrogen-bond acceptors (Lipinski definition) is 3. The Hall–Kier alpha value is -0.830. The van der Waals surface area contributed by atoms with E-state index in [1.807, 2.05) is 0 Å². The summed E-state index contributed by atoms with van der Waals surface area (Å²) in [5, 5.41) is 0. The minimum atomic E-state index is -0.171. The van der Waals surface area contributed by atoms with Gasteiger partial charge in [-0.15, -0.1) is 0 Å². The molecule has 0 unspecified atom stereocenters. The van der Waals surface area contributed by atoms with Crippen molar-refractivity contribution in [2.24, 2.45) is 11.7 Å². The summed E-state index contributed by atoms with van der Waals surface area (Å²) in [4.78, 5) is 11.1. The standard InChI is InChI=1S/C10H17NO2/c1-2-13-10(12)7-8-3-5-9(11)6-4-8/h2,8-9H,1,3-7,11H2. The second kappa shape index (κ2) is 5.02. The van der Waals surface area contributed by atoms with Crippen molar-refractivity contribution in [1.29, 1.82) is 0 Å². The molecule has 0 aromatic carbocycles. The summed E-state index contributed by atoms with van der Waals surface area (Å²) in [5.41, 5.74) is 5.75. The van der Waals surface area contributed by atoms with Crippen LogP contribution >= 0.6 is 0 Å². The van der Waals surface area contributed by atoms with Crippen LogP contribution in [-0.4, -0.2) is 12.0 Å². The first kappa shape index (κ1) is 10.3. The van der Waals surface area contributed by atoms with Gasteiger partial charge in [-0.3, -0.25) is 4.79 Å². The van der Waals surface area contributed by atoms with Gasteiger partial charge in [0.2, 0.25) is 0 Å².